The summed E-state index contributed by atoms with van der Waals surface area (Å²) in [6.07, 6.45) is 5.58. The van der Waals surface area contributed by atoms with Crippen molar-refractivity contribution in [3.05, 3.63) is 223 Å². The number of rotatable bonds is 5. The second-order valence-electron chi connectivity index (χ2n) is 16.5. The lowest BCUT2D eigenvalue weighted by Gasteiger charge is -2.28. The number of benzene rings is 12. The summed E-state index contributed by atoms with van der Waals surface area (Å²) in [5.41, 5.74) is 15.2. The van der Waals surface area contributed by atoms with Crippen molar-refractivity contribution in [3.8, 4) is 55.6 Å². The average Bonchev–Trinajstić information content (AvgIpc) is 3.83. The van der Waals surface area contributed by atoms with E-state index in [4.69, 9.17) is 0 Å². The van der Waals surface area contributed by atoms with Crippen LogP contribution in [0.25, 0.3) is 126 Å². The maximum Gasteiger partial charge on any atom is -0.000116 e. The SMILES string of the molecule is C1=Cc2ccc3c4ccccc4c4cccc(-c5c(-c6ccccc6)c(-c6ccccc6)c6c(-c7ccccc7)c(-c7ccccc7)c7cccc8ccc5c6c87)c4c3c2C1. The second kappa shape index (κ2) is 13.4. The molecular formula is C61H38. The van der Waals surface area contributed by atoms with Gasteiger partial charge in [-0.25, -0.2) is 0 Å². The molecule has 13 rings (SSSR count). The van der Waals surface area contributed by atoms with E-state index in [0.29, 0.717) is 0 Å². The maximum absolute atomic E-state index is 2.44. The Labute approximate surface area is 354 Å². The summed E-state index contributed by atoms with van der Waals surface area (Å²) in [6, 6.07) is 77.1. The summed E-state index contributed by atoms with van der Waals surface area (Å²) in [7, 11) is 0. The number of allylic oxidation sites excluding steroid dienone is 1. The average molecular weight is 771 g/mol. The van der Waals surface area contributed by atoms with Gasteiger partial charge in [-0.05, 0) is 138 Å². The van der Waals surface area contributed by atoms with Crippen molar-refractivity contribution in [2.75, 3.05) is 0 Å². The maximum atomic E-state index is 2.44. The fourth-order valence-electron chi connectivity index (χ4n) is 11.0. The Morgan fingerprint density at radius 3 is 1.41 bits per heavy atom. The van der Waals surface area contributed by atoms with Gasteiger partial charge in [-0.2, -0.15) is 0 Å². The Morgan fingerprint density at radius 2 is 0.754 bits per heavy atom. The van der Waals surface area contributed by atoms with Crippen molar-refractivity contribution in [1.29, 1.82) is 0 Å². The lowest BCUT2D eigenvalue weighted by atomic mass is 9.74. The Balaban J connectivity index is 1.36. The minimum absolute atomic E-state index is 0.927. The highest BCUT2D eigenvalue weighted by Gasteiger charge is 2.30. The Morgan fingerprint density at radius 1 is 0.262 bits per heavy atom. The zero-order valence-corrected chi connectivity index (χ0v) is 33.5. The van der Waals surface area contributed by atoms with Crippen LogP contribution in [0.4, 0.5) is 0 Å². The van der Waals surface area contributed by atoms with E-state index in [1.165, 1.54) is 131 Å². The van der Waals surface area contributed by atoms with Crippen molar-refractivity contribution in [1.82, 2.24) is 0 Å². The fraction of sp³-hybridized carbons (Fsp3) is 0.0164. The monoisotopic (exact) mass is 770 g/mol. The van der Waals surface area contributed by atoms with Gasteiger partial charge in [0.2, 0.25) is 0 Å². The van der Waals surface area contributed by atoms with Crippen molar-refractivity contribution in [2.45, 2.75) is 6.42 Å². The third-order valence-corrected chi connectivity index (χ3v) is 13.4. The number of hydrogen-bond acceptors (Lipinski definition) is 0. The lowest BCUT2D eigenvalue weighted by Crippen LogP contribution is -2.01. The summed E-state index contributed by atoms with van der Waals surface area (Å²) in [6.45, 7) is 0. The van der Waals surface area contributed by atoms with Crippen LogP contribution >= 0.6 is 0 Å². The Bertz CT molecular complexity index is 3730. The van der Waals surface area contributed by atoms with Crippen molar-refractivity contribution in [2.24, 2.45) is 0 Å². The largest absolute Gasteiger partial charge is 0.0795 e. The molecule has 0 fully saturated rings. The van der Waals surface area contributed by atoms with Crippen LogP contribution in [0.3, 0.4) is 0 Å². The van der Waals surface area contributed by atoms with Crippen molar-refractivity contribution < 1.29 is 0 Å². The smallest absolute Gasteiger partial charge is 0.000116 e. The topological polar surface area (TPSA) is 0 Å². The van der Waals surface area contributed by atoms with Gasteiger partial charge in [0.15, 0.2) is 0 Å². The Kier molecular flexibility index (Phi) is 7.47. The third kappa shape index (κ3) is 4.94. The fourth-order valence-corrected chi connectivity index (χ4v) is 11.0. The van der Waals surface area contributed by atoms with E-state index in [-0.39, 0.29) is 0 Å². The molecule has 0 amide bonds. The molecule has 282 valence electrons. The summed E-state index contributed by atoms with van der Waals surface area (Å²) in [4.78, 5) is 0. The predicted molar refractivity (Wildman–Crippen MR) is 263 cm³/mol. The van der Waals surface area contributed by atoms with Gasteiger partial charge in [-0.15, -0.1) is 0 Å². The molecular weight excluding hydrogens is 733 g/mol. The second-order valence-corrected chi connectivity index (χ2v) is 16.5. The number of hydrogen-bond donors (Lipinski definition) is 0. The molecule has 0 atom stereocenters. The first kappa shape index (κ1) is 34.1. The molecule has 0 unspecified atom stereocenters. The standard InChI is InChI=1S/C61H38/c1-5-18-39(19-6-1)52-49-32-16-27-43-35-37-51-59(50-33-17-31-47-45-28-13-14-29-46(45)48-36-34-38-26-15-30-44(38)57(48)58(47)50)55(41-22-9-3-10-23-41)56(42-24-11-4-12-25-42)61(60(51)53(43)49)54(52)40-20-7-2-8-21-40/h1-29,31-37H,30H2. The zero-order chi connectivity index (χ0) is 40.0. The first-order valence-electron chi connectivity index (χ1n) is 21.4. The van der Waals surface area contributed by atoms with Gasteiger partial charge in [0.25, 0.3) is 0 Å². The van der Waals surface area contributed by atoms with Crippen LogP contribution in [0.1, 0.15) is 11.1 Å². The highest BCUT2D eigenvalue weighted by molar-refractivity contribution is 6.39. The molecule has 12 aromatic rings. The highest BCUT2D eigenvalue weighted by Crippen LogP contribution is 2.57. The van der Waals surface area contributed by atoms with Gasteiger partial charge in [-0.1, -0.05) is 218 Å². The van der Waals surface area contributed by atoms with Gasteiger partial charge in [0.05, 0.1) is 0 Å². The normalized spacial score (nSPS) is 12.5. The molecule has 0 bridgehead atoms. The van der Waals surface area contributed by atoms with Gasteiger partial charge >= 0.3 is 0 Å². The first-order valence-corrected chi connectivity index (χ1v) is 21.4. The first-order chi connectivity index (χ1) is 30.3. The van der Waals surface area contributed by atoms with E-state index in [1.54, 1.807) is 0 Å². The lowest BCUT2D eigenvalue weighted by molar-refractivity contribution is 1.35. The van der Waals surface area contributed by atoms with E-state index >= 15 is 0 Å². The van der Waals surface area contributed by atoms with Gasteiger partial charge < -0.3 is 0 Å². The molecule has 1 aliphatic rings. The van der Waals surface area contributed by atoms with Crippen LogP contribution in [-0.2, 0) is 6.42 Å². The van der Waals surface area contributed by atoms with E-state index in [1.807, 2.05) is 0 Å². The predicted octanol–water partition coefficient (Wildman–Crippen LogP) is 16.9. The molecule has 0 radical (unpaired) electrons. The minimum atomic E-state index is 0.927. The zero-order valence-electron chi connectivity index (χ0n) is 33.5. The molecule has 0 heteroatoms. The number of fused-ring (bicyclic) bond motifs is 8. The van der Waals surface area contributed by atoms with Crippen LogP contribution in [0, 0.1) is 0 Å². The molecule has 0 heterocycles. The molecule has 0 aromatic heterocycles. The van der Waals surface area contributed by atoms with Crippen LogP contribution in [0.15, 0.2) is 212 Å². The van der Waals surface area contributed by atoms with Gasteiger partial charge in [-0.3, -0.25) is 0 Å². The molecule has 0 nitrogen and oxygen atoms in total. The highest BCUT2D eigenvalue weighted by atomic mass is 14.3. The summed E-state index contributed by atoms with van der Waals surface area (Å²) >= 11 is 0. The van der Waals surface area contributed by atoms with Crippen LogP contribution in [0.2, 0.25) is 0 Å². The molecule has 0 saturated carbocycles. The van der Waals surface area contributed by atoms with E-state index in [2.05, 4.69) is 218 Å². The quantitative estimate of drug-likeness (QED) is 0.153. The van der Waals surface area contributed by atoms with Crippen molar-refractivity contribution >= 4 is 70.7 Å². The summed E-state index contributed by atoms with van der Waals surface area (Å²) in [5.74, 6) is 0. The van der Waals surface area contributed by atoms with Crippen LogP contribution < -0.4 is 0 Å². The third-order valence-electron chi connectivity index (χ3n) is 13.4. The van der Waals surface area contributed by atoms with Crippen LogP contribution in [-0.4, -0.2) is 0 Å². The molecule has 1 aliphatic carbocycles. The molecule has 0 spiro atoms. The van der Waals surface area contributed by atoms with E-state index in [9.17, 15) is 0 Å². The molecule has 61 heavy (non-hydrogen) atoms. The van der Waals surface area contributed by atoms with E-state index < -0.39 is 0 Å². The molecule has 0 aliphatic heterocycles. The van der Waals surface area contributed by atoms with E-state index in [0.717, 1.165) is 6.42 Å². The minimum Gasteiger partial charge on any atom is -0.0795 e. The summed E-state index contributed by atoms with van der Waals surface area (Å²) in [5, 5.41) is 15.6. The summed E-state index contributed by atoms with van der Waals surface area (Å²) < 4.78 is 0. The Hall–Kier alpha value is -7.80. The molecule has 0 N–H and O–H groups in total. The van der Waals surface area contributed by atoms with Gasteiger partial charge in [0.1, 0.15) is 0 Å². The molecule has 12 aromatic carbocycles. The van der Waals surface area contributed by atoms with Crippen LogP contribution in [0.5, 0.6) is 0 Å². The van der Waals surface area contributed by atoms with Gasteiger partial charge in [0, 0.05) is 0 Å². The van der Waals surface area contributed by atoms with Crippen molar-refractivity contribution in [3.63, 3.8) is 0 Å². The molecule has 0 saturated heterocycles.